The number of hydrogen-bond donors (Lipinski definition) is 1. The fourth-order valence-corrected chi connectivity index (χ4v) is 6.06. The summed E-state index contributed by atoms with van der Waals surface area (Å²) in [6.07, 6.45) is 4.16. The van der Waals surface area contributed by atoms with E-state index < -0.39 is 0 Å². The monoisotopic (exact) mass is 435 g/mol. The molecule has 2 aliphatic rings. The zero-order valence-electron chi connectivity index (χ0n) is 17.4. The number of rotatable bonds is 5. The van der Waals surface area contributed by atoms with Crippen LogP contribution in [0.2, 0.25) is 0 Å². The molecule has 1 aliphatic carbocycles. The van der Waals surface area contributed by atoms with E-state index in [4.69, 9.17) is 14.8 Å². The van der Waals surface area contributed by atoms with Crippen LogP contribution in [-0.2, 0) is 17.6 Å². The Morgan fingerprint density at radius 2 is 1.97 bits per heavy atom. The van der Waals surface area contributed by atoms with Crippen LogP contribution in [-0.4, -0.2) is 58.9 Å². The molecular formula is C23H25N5O2S. The summed E-state index contributed by atoms with van der Waals surface area (Å²) in [4.78, 5) is 23.0. The number of nitrogens with one attached hydrogen (secondary N) is 1. The molecule has 0 spiro atoms. The lowest BCUT2D eigenvalue weighted by Gasteiger charge is -2.26. The zero-order chi connectivity index (χ0) is 20.8. The Balaban J connectivity index is 1.38. The molecule has 1 N–H and O–H groups in total. The second kappa shape index (κ2) is 7.85. The largest absolute Gasteiger partial charge is 0.379 e. The number of ether oxygens (including phenoxy) is 1. The van der Waals surface area contributed by atoms with Gasteiger partial charge in [0.25, 0.3) is 5.56 Å². The Bertz CT molecular complexity index is 1340. The third-order valence-electron chi connectivity index (χ3n) is 6.39. The van der Waals surface area contributed by atoms with E-state index in [1.165, 1.54) is 15.0 Å². The molecule has 8 heteroatoms. The minimum Gasteiger partial charge on any atom is -0.379 e. The Morgan fingerprint density at radius 3 is 2.84 bits per heavy atom. The molecule has 7 nitrogen and oxygen atoms in total. The Morgan fingerprint density at radius 1 is 1.13 bits per heavy atom. The van der Waals surface area contributed by atoms with E-state index in [0.29, 0.717) is 5.65 Å². The SMILES string of the molecule is O=c1c2c3c(sc2nc2c4ccccc4c(NCCCN4CCOCC4)nn12)CCC3. The number of aromatic nitrogens is 3. The highest BCUT2D eigenvalue weighted by molar-refractivity contribution is 7.18. The number of morpholine rings is 1. The van der Waals surface area contributed by atoms with Gasteiger partial charge < -0.3 is 10.1 Å². The molecule has 0 amide bonds. The van der Waals surface area contributed by atoms with Gasteiger partial charge in [-0.3, -0.25) is 9.69 Å². The molecule has 1 fully saturated rings. The maximum atomic E-state index is 13.5. The van der Waals surface area contributed by atoms with Gasteiger partial charge in [-0.2, -0.15) is 4.52 Å². The summed E-state index contributed by atoms with van der Waals surface area (Å²) in [5, 5.41) is 11.0. The van der Waals surface area contributed by atoms with Crippen LogP contribution in [0.5, 0.6) is 0 Å². The van der Waals surface area contributed by atoms with Crippen LogP contribution in [0.1, 0.15) is 23.3 Å². The maximum Gasteiger partial charge on any atom is 0.283 e. The van der Waals surface area contributed by atoms with E-state index in [0.717, 1.165) is 91.9 Å². The highest BCUT2D eigenvalue weighted by Gasteiger charge is 2.23. The first-order valence-corrected chi connectivity index (χ1v) is 11.9. The minimum atomic E-state index is -0.0403. The number of hydrogen-bond acceptors (Lipinski definition) is 7. The topological polar surface area (TPSA) is 71.8 Å². The molecule has 1 saturated heterocycles. The first kappa shape index (κ1) is 19.2. The smallest absolute Gasteiger partial charge is 0.283 e. The van der Waals surface area contributed by atoms with E-state index in [1.807, 2.05) is 18.2 Å². The Hall–Kier alpha value is -2.55. The van der Waals surface area contributed by atoms with Gasteiger partial charge in [0.1, 0.15) is 4.83 Å². The number of nitrogens with zero attached hydrogens (tertiary/aromatic N) is 4. The van der Waals surface area contributed by atoms with Gasteiger partial charge in [-0.25, -0.2) is 4.98 Å². The highest BCUT2D eigenvalue weighted by Crippen LogP contribution is 2.35. The van der Waals surface area contributed by atoms with Gasteiger partial charge in [-0.05, 0) is 37.8 Å². The van der Waals surface area contributed by atoms with Crippen molar-refractivity contribution in [2.24, 2.45) is 0 Å². The van der Waals surface area contributed by atoms with Gasteiger partial charge in [0.15, 0.2) is 11.5 Å². The first-order valence-electron chi connectivity index (χ1n) is 11.1. The van der Waals surface area contributed by atoms with Crippen molar-refractivity contribution >= 4 is 43.8 Å². The molecule has 160 valence electrons. The number of benzene rings is 1. The molecule has 1 aromatic carbocycles. The fraction of sp³-hybridized carbons (Fsp3) is 0.435. The average molecular weight is 436 g/mol. The first-order chi connectivity index (χ1) is 15.3. The van der Waals surface area contributed by atoms with Crippen LogP contribution in [0.3, 0.4) is 0 Å². The van der Waals surface area contributed by atoms with Crippen molar-refractivity contribution in [1.29, 1.82) is 0 Å². The van der Waals surface area contributed by atoms with Gasteiger partial charge in [0, 0.05) is 35.3 Å². The fourth-order valence-electron chi connectivity index (χ4n) is 4.81. The van der Waals surface area contributed by atoms with Gasteiger partial charge in [-0.1, -0.05) is 24.3 Å². The molecule has 6 rings (SSSR count). The molecule has 0 radical (unpaired) electrons. The lowest BCUT2D eigenvalue weighted by molar-refractivity contribution is 0.0378. The summed E-state index contributed by atoms with van der Waals surface area (Å²) in [7, 11) is 0. The maximum absolute atomic E-state index is 13.5. The van der Waals surface area contributed by atoms with Gasteiger partial charge in [-0.15, -0.1) is 16.4 Å². The molecule has 0 atom stereocenters. The standard InChI is InChI=1S/C23H25N5O2S/c29-23-19-17-7-3-8-18(17)31-22(19)25-21-16-6-2-1-5-15(16)20(26-28(21)23)24-9-4-10-27-11-13-30-14-12-27/h1-2,5-6H,3-4,7-14H2,(H,24,26). The summed E-state index contributed by atoms with van der Waals surface area (Å²) in [6, 6.07) is 8.09. The lowest BCUT2D eigenvalue weighted by Crippen LogP contribution is -2.37. The third kappa shape index (κ3) is 3.30. The molecule has 4 heterocycles. The molecule has 3 aromatic heterocycles. The van der Waals surface area contributed by atoms with E-state index in [1.54, 1.807) is 11.3 Å². The van der Waals surface area contributed by atoms with Crippen molar-refractivity contribution in [2.45, 2.75) is 25.7 Å². The summed E-state index contributed by atoms with van der Waals surface area (Å²) < 4.78 is 6.94. The summed E-state index contributed by atoms with van der Waals surface area (Å²) in [5.41, 5.74) is 1.80. The van der Waals surface area contributed by atoms with Crippen LogP contribution in [0, 0.1) is 0 Å². The van der Waals surface area contributed by atoms with E-state index in [-0.39, 0.29) is 5.56 Å². The summed E-state index contributed by atoms with van der Waals surface area (Å²) in [5.74, 6) is 0.750. The number of anilines is 1. The zero-order valence-corrected chi connectivity index (χ0v) is 18.2. The van der Waals surface area contributed by atoms with Crippen LogP contribution in [0.25, 0.3) is 26.6 Å². The minimum absolute atomic E-state index is 0.0403. The van der Waals surface area contributed by atoms with E-state index >= 15 is 0 Å². The molecule has 31 heavy (non-hydrogen) atoms. The van der Waals surface area contributed by atoms with Gasteiger partial charge in [0.05, 0.1) is 18.6 Å². The Labute approximate surface area is 183 Å². The van der Waals surface area contributed by atoms with Gasteiger partial charge >= 0.3 is 0 Å². The van der Waals surface area contributed by atoms with Crippen molar-refractivity contribution in [3.63, 3.8) is 0 Å². The number of fused-ring (bicyclic) bond motifs is 6. The quantitative estimate of drug-likeness (QED) is 0.384. The van der Waals surface area contributed by atoms with Crippen molar-refractivity contribution in [1.82, 2.24) is 19.5 Å². The molecule has 0 bridgehead atoms. The highest BCUT2D eigenvalue weighted by atomic mass is 32.1. The summed E-state index contributed by atoms with van der Waals surface area (Å²) in [6.45, 7) is 5.48. The van der Waals surface area contributed by atoms with Crippen molar-refractivity contribution in [3.8, 4) is 0 Å². The molecular weight excluding hydrogens is 410 g/mol. The normalized spacial score (nSPS) is 17.0. The predicted octanol–water partition coefficient (Wildman–Crippen LogP) is 3.08. The lowest BCUT2D eigenvalue weighted by atomic mass is 10.1. The molecule has 0 unspecified atom stereocenters. The van der Waals surface area contributed by atoms with Crippen LogP contribution < -0.4 is 10.9 Å². The van der Waals surface area contributed by atoms with Crippen LogP contribution >= 0.6 is 11.3 Å². The van der Waals surface area contributed by atoms with Crippen molar-refractivity contribution in [2.75, 3.05) is 44.7 Å². The Kier molecular flexibility index (Phi) is 4.85. The predicted molar refractivity (Wildman–Crippen MR) is 125 cm³/mol. The molecule has 4 aromatic rings. The number of aryl methyl sites for hydroxylation is 2. The van der Waals surface area contributed by atoms with Crippen molar-refractivity contribution in [3.05, 3.63) is 45.1 Å². The molecule has 1 aliphatic heterocycles. The number of thiophene rings is 1. The second-order valence-corrected chi connectivity index (χ2v) is 9.40. The summed E-state index contributed by atoms with van der Waals surface area (Å²) >= 11 is 1.68. The van der Waals surface area contributed by atoms with Crippen molar-refractivity contribution < 1.29 is 4.74 Å². The second-order valence-electron chi connectivity index (χ2n) is 8.32. The van der Waals surface area contributed by atoms with Gasteiger partial charge in [0.2, 0.25) is 0 Å². The molecule has 0 saturated carbocycles. The van der Waals surface area contributed by atoms with Crippen LogP contribution in [0.15, 0.2) is 29.1 Å². The van der Waals surface area contributed by atoms with E-state index in [2.05, 4.69) is 16.3 Å². The van der Waals surface area contributed by atoms with E-state index in [9.17, 15) is 4.79 Å². The third-order valence-corrected chi connectivity index (χ3v) is 7.57. The average Bonchev–Trinajstić information content (AvgIpc) is 3.39. The van der Waals surface area contributed by atoms with Crippen LogP contribution in [0.4, 0.5) is 5.82 Å².